The summed E-state index contributed by atoms with van der Waals surface area (Å²) in [6.45, 7) is 0. The van der Waals surface area contributed by atoms with Crippen molar-refractivity contribution in [1.82, 2.24) is 10.2 Å². The predicted molar refractivity (Wildman–Crippen MR) is 78.4 cm³/mol. The molecule has 2 rings (SSSR count). The number of rotatable bonds is 5. The molecule has 0 aliphatic carbocycles. The van der Waals surface area contributed by atoms with Crippen molar-refractivity contribution in [2.24, 2.45) is 0 Å². The summed E-state index contributed by atoms with van der Waals surface area (Å²) in [5, 5.41) is 12.9. The topological polar surface area (TPSA) is 64.1 Å². The van der Waals surface area contributed by atoms with E-state index < -0.39 is 0 Å². The van der Waals surface area contributed by atoms with Crippen molar-refractivity contribution in [1.29, 1.82) is 0 Å². The maximum Gasteiger partial charge on any atom is 0.257 e. The molecule has 100 valence electrons. The summed E-state index contributed by atoms with van der Waals surface area (Å²) in [5.74, 6) is 0.510. The van der Waals surface area contributed by atoms with Crippen LogP contribution in [0.25, 0.3) is 0 Å². The zero-order valence-corrected chi connectivity index (χ0v) is 12.6. The van der Waals surface area contributed by atoms with E-state index in [0.717, 1.165) is 16.8 Å². The van der Waals surface area contributed by atoms with Gasteiger partial charge in [0.05, 0.1) is 7.11 Å². The number of hydrogen-bond donors (Lipinski definition) is 1. The molecule has 1 N–H and O–H groups in total. The van der Waals surface area contributed by atoms with Crippen molar-refractivity contribution in [3.05, 3.63) is 34.8 Å². The van der Waals surface area contributed by atoms with Gasteiger partial charge in [0, 0.05) is 17.3 Å². The van der Waals surface area contributed by atoms with Crippen molar-refractivity contribution in [2.75, 3.05) is 17.8 Å². The molecule has 0 radical (unpaired) electrons. The number of nitrogens with zero attached hydrogens (tertiary/aromatic N) is 2. The third-order valence-electron chi connectivity index (χ3n) is 2.35. The quantitative estimate of drug-likeness (QED) is 0.849. The minimum Gasteiger partial charge on any atom is -0.497 e. The summed E-state index contributed by atoms with van der Waals surface area (Å²) in [5.41, 5.74) is 0.554. The molecule has 1 amide bonds. The third-order valence-corrected chi connectivity index (χ3v) is 3.64. The van der Waals surface area contributed by atoms with Crippen LogP contribution < -0.4 is 10.1 Å². The summed E-state index contributed by atoms with van der Waals surface area (Å²) in [7, 11) is 1.59. The third kappa shape index (κ3) is 3.74. The van der Waals surface area contributed by atoms with E-state index in [4.69, 9.17) is 4.74 Å². The molecule has 0 fully saturated rings. The zero-order valence-electron chi connectivity index (χ0n) is 10.2. The highest BCUT2D eigenvalue weighted by molar-refractivity contribution is 9.09. The number of nitrogens with one attached hydrogen (secondary N) is 1. The molecule has 0 unspecified atom stereocenters. The first-order valence-corrected chi connectivity index (χ1v) is 7.50. The van der Waals surface area contributed by atoms with E-state index in [1.54, 1.807) is 31.4 Å². The van der Waals surface area contributed by atoms with E-state index in [-0.39, 0.29) is 5.91 Å². The number of anilines is 1. The van der Waals surface area contributed by atoms with Gasteiger partial charge in [-0.25, -0.2) is 0 Å². The lowest BCUT2D eigenvalue weighted by Crippen LogP contribution is -2.11. The zero-order chi connectivity index (χ0) is 13.7. The standard InChI is InChI=1S/C12H12BrN3O2S/c1-18-9-4-2-8(3-5-9)11(17)14-12-16-15-10(19-12)6-7-13/h2-5H,6-7H2,1H3,(H,14,16,17). The molecule has 1 heterocycles. The second-order valence-corrected chi connectivity index (χ2v) is 5.48. The summed E-state index contributed by atoms with van der Waals surface area (Å²) in [6, 6.07) is 6.89. The second kappa shape index (κ2) is 6.63. The summed E-state index contributed by atoms with van der Waals surface area (Å²) in [6.07, 6.45) is 0.802. The molecule has 1 aromatic carbocycles. The number of hydrogen-bond acceptors (Lipinski definition) is 5. The number of benzene rings is 1. The van der Waals surface area contributed by atoms with E-state index in [9.17, 15) is 4.79 Å². The number of carbonyl (C=O) groups is 1. The van der Waals surface area contributed by atoms with Crippen LogP contribution in [0.15, 0.2) is 24.3 Å². The molecule has 7 heteroatoms. The van der Waals surface area contributed by atoms with Gasteiger partial charge in [0.15, 0.2) is 0 Å². The van der Waals surface area contributed by atoms with Crippen LogP contribution >= 0.6 is 27.3 Å². The van der Waals surface area contributed by atoms with Gasteiger partial charge in [0.25, 0.3) is 5.91 Å². The van der Waals surface area contributed by atoms with Crippen LogP contribution in [0.3, 0.4) is 0 Å². The van der Waals surface area contributed by atoms with Gasteiger partial charge in [-0.05, 0) is 24.3 Å². The van der Waals surface area contributed by atoms with E-state index in [1.807, 2.05) is 0 Å². The van der Waals surface area contributed by atoms with Crippen LogP contribution in [0.4, 0.5) is 5.13 Å². The fourth-order valence-electron chi connectivity index (χ4n) is 1.40. The second-order valence-electron chi connectivity index (χ2n) is 3.62. The van der Waals surface area contributed by atoms with Gasteiger partial charge in [-0.2, -0.15) is 0 Å². The normalized spacial score (nSPS) is 10.2. The lowest BCUT2D eigenvalue weighted by atomic mass is 10.2. The highest BCUT2D eigenvalue weighted by atomic mass is 79.9. The highest BCUT2D eigenvalue weighted by Crippen LogP contribution is 2.18. The van der Waals surface area contributed by atoms with Gasteiger partial charge in [-0.3, -0.25) is 10.1 Å². The Hall–Kier alpha value is -1.47. The van der Waals surface area contributed by atoms with Crippen LogP contribution in [-0.2, 0) is 6.42 Å². The first-order chi connectivity index (χ1) is 9.22. The van der Waals surface area contributed by atoms with Crippen LogP contribution in [-0.4, -0.2) is 28.5 Å². The lowest BCUT2D eigenvalue weighted by Gasteiger charge is -2.02. The van der Waals surface area contributed by atoms with Crippen LogP contribution in [0.2, 0.25) is 0 Å². The molecule has 0 bridgehead atoms. The Kier molecular flexibility index (Phi) is 4.86. The Morgan fingerprint density at radius 2 is 2.11 bits per heavy atom. The van der Waals surface area contributed by atoms with E-state index >= 15 is 0 Å². The van der Waals surface area contributed by atoms with Crippen molar-refractivity contribution in [3.8, 4) is 5.75 Å². The van der Waals surface area contributed by atoms with E-state index in [1.165, 1.54) is 11.3 Å². The molecule has 1 aromatic heterocycles. The van der Waals surface area contributed by atoms with Crippen molar-refractivity contribution in [3.63, 3.8) is 0 Å². The lowest BCUT2D eigenvalue weighted by molar-refractivity contribution is 0.102. The van der Waals surface area contributed by atoms with Gasteiger partial charge >= 0.3 is 0 Å². The van der Waals surface area contributed by atoms with Gasteiger partial charge in [-0.1, -0.05) is 27.3 Å². The number of ether oxygens (including phenoxy) is 1. The highest BCUT2D eigenvalue weighted by Gasteiger charge is 2.10. The first-order valence-electron chi connectivity index (χ1n) is 5.56. The maximum absolute atomic E-state index is 12.0. The summed E-state index contributed by atoms with van der Waals surface area (Å²) >= 11 is 4.72. The Bertz CT molecular complexity index is 556. The van der Waals surface area contributed by atoms with Crippen molar-refractivity contribution < 1.29 is 9.53 Å². The first kappa shape index (κ1) is 14.0. The molecule has 0 aliphatic heterocycles. The van der Waals surface area contributed by atoms with E-state index in [2.05, 4.69) is 31.4 Å². The Morgan fingerprint density at radius 3 is 2.74 bits per heavy atom. The molecule has 0 spiro atoms. The smallest absolute Gasteiger partial charge is 0.257 e. The number of carbonyl (C=O) groups excluding carboxylic acids is 1. The fourth-order valence-corrected chi connectivity index (χ4v) is 2.77. The number of methoxy groups -OCH3 is 1. The molecule has 0 saturated carbocycles. The van der Waals surface area contributed by atoms with E-state index in [0.29, 0.717) is 16.4 Å². The summed E-state index contributed by atoms with van der Waals surface area (Å²) in [4.78, 5) is 12.0. The minimum atomic E-state index is -0.204. The van der Waals surface area contributed by atoms with Gasteiger partial charge in [-0.15, -0.1) is 10.2 Å². The van der Waals surface area contributed by atoms with Gasteiger partial charge < -0.3 is 4.74 Å². The maximum atomic E-state index is 12.0. The number of aryl methyl sites for hydroxylation is 1. The average Bonchev–Trinajstić information content (AvgIpc) is 2.86. The fraction of sp³-hybridized carbons (Fsp3) is 0.250. The number of amides is 1. The number of halogens is 1. The molecule has 0 saturated heterocycles. The van der Waals surface area contributed by atoms with Crippen LogP contribution in [0.1, 0.15) is 15.4 Å². The van der Waals surface area contributed by atoms with Gasteiger partial charge in [0.2, 0.25) is 5.13 Å². The molecule has 0 atom stereocenters. The molecule has 0 aliphatic rings. The monoisotopic (exact) mass is 341 g/mol. The number of aromatic nitrogens is 2. The van der Waals surface area contributed by atoms with Crippen LogP contribution in [0.5, 0.6) is 5.75 Å². The molecule has 19 heavy (non-hydrogen) atoms. The summed E-state index contributed by atoms with van der Waals surface area (Å²) < 4.78 is 5.04. The Labute approximate surface area is 123 Å². The van der Waals surface area contributed by atoms with Crippen molar-refractivity contribution in [2.45, 2.75) is 6.42 Å². The Balaban J connectivity index is 2.02. The molecule has 5 nitrogen and oxygen atoms in total. The Morgan fingerprint density at radius 1 is 1.37 bits per heavy atom. The molecular formula is C12H12BrN3O2S. The molecule has 2 aromatic rings. The predicted octanol–water partition coefficient (Wildman–Crippen LogP) is 2.74. The number of alkyl halides is 1. The van der Waals surface area contributed by atoms with Gasteiger partial charge in [0.1, 0.15) is 10.8 Å². The SMILES string of the molecule is COc1ccc(C(=O)Nc2nnc(CCBr)s2)cc1. The van der Waals surface area contributed by atoms with Crippen LogP contribution in [0, 0.1) is 0 Å². The van der Waals surface area contributed by atoms with Crippen molar-refractivity contribution >= 4 is 38.3 Å². The minimum absolute atomic E-state index is 0.204. The average molecular weight is 342 g/mol. The molecular weight excluding hydrogens is 330 g/mol. The largest absolute Gasteiger partial charge is 0.497 e.